The van der Waals surface area contributed by atoms with Gasteiger partial charge in [-0.3, -0.25) is 9.56 Å². The molecule has 1 aromatic carbocycles. The van der Waals surface area contributed by atoms with E-state index in [-0.39, 0.29) is 31.5 Å². The predicted molar refractivity (Wildman–Crippen MR) is 117 cm³/mol. The average molecular weight is 430 g/mol. The normalized spacial score (nSPS) is 10.6. The molecule has 11 heteroatoms. The summed E-state index contributed by atoms with van der Waals surface area (Å²) >= 11 is 1.50. The van der Waals surface area contributed by atoms with Crippen LogP contribution in [0.3, 0.4) is 0 Å². The number of thiophene rings is 1. The van der Waals surface area contributed by atoms with Crippen molar-refractivity contribution in [3.05, 3.63) is 73.2 Å². The number of methoxy groups -OCH3 is 1. The fourth-order valence-electron chi connectivity index (χ4n) is 2.77. The number of hydrogen-bond acceptors (Lipinski definition) is 7. The van der Waals surface area contributed by atoms with E-state index in [1.807, 2.05) is 29.0 Å². The number of anilines is 1. The Morgan fingerprint density at radius 3 is 2.50 bits per heavy atom. The number of rotatable bonds is 9. The number of guanidine groups is 1. The van der Waals surface area contributed by atoms with Crippen LogP contribution in [0.15, 0.2) is 55.7 Å². The molecule has 0 radical (unpaired) electrons. The lowest BCUT2D eigenvalue weighted by Gasteiger charge is -2.15. The SMILES string of the molecule is COc1ccc(Cn2c(NCCN=C(N)N)nc(=O)n(Cc3ccsc3)c2=O)cc1. The Morgan fingerprint density at radius 1 is 1.13 bits per heavy atom. The zero-order chi connectivity index (χ0) is 21.5. The predicted octanol–water partition coefficient (Wildman–Crippen LogP) is 0.257. The molecule has 30 heavy (non-hydrogen) atoms. The molecule has 3 rings (SSSR count). The van der Waals surface area contributed by atoms with Crippen molar-refractivity contribution in [1.82, 2.24) is 14.1 Å². The number of nitrogens with two attached hydrogens (primary N) is 2. The number of aromatic nitrogens is 3. The molecule has 0 unspecified atom stereocenters. The fourth-order valence-corrected chi connectivity index (χ4v) is 3.43. The van der Waals surface area contributed by atoms with Gasteiger partial charge in [0, 0.05) is 6.54 Å². The number of nitrogens with zero attached hydrogens (tertiary/aromatic N) is 4. The van der Waals surface area contributed by atoms with E-state index in [9.17, 15) is 9.59 Å². The molecule has 0 aliphatic rings. The van der Waals surface area contributed by atoms with E-state index in [2.05, 4.69) is 15.3 Å². The van der Waals surface area contributed by atoms with Crippen molar-refractivity contribution in [2.24, 2.45) is 16.5 Å². The molecule has 0 aliphatic carbocycles. The first-order chi connectivity index (χ1) is 14.5. The molecular formula is C19H23N7O3S. The molecule has 10 nitrogen and oxygen atoms in total. The van der Waals surface area contributed by atoms with Gasteiger partial charge in [-0.1, -0.05) is 12.1 Å². The van der Waals surface area contributed by atoms with Crippen LogP contribution in [-0.4, -0.2) is 40.3 Å². The van der Waals surface area contributed by atoms with Gasteiger partial charge < -0.3 is 21.5 Å². The van der Waals surface area contributed by atoms with Gasteiger partial charge in [0.25, 0.3) is 0 Å². The van der Waals surface area contributed by atoms with Crippen molar-refractivity contribution >= 4 is 23.2 Å². The van der Waals surface area contributed by atoms with E-state index in [1.54, 1.807) is 19.2 Å². The van der Waals surface area contributed by atoms with Gasteiger partial charge in [-0.25, -0.2) is 14.2 Å². The molecule has 0 saturated carbocycles. The molecule has 2 heterocycles. The van der Waals surface area contributed by atoms with Crippen molar-refractivity contribution in [2.45, 2.75) is 13.1 Å². The second-order valence-corrected chi connectivity index (χ2v) is 7.17. The Bertz CT molecular complexity index is 1110. The smallest absolute Gasteiger partial charge is 0.355 e. The summed E-state index contributed by atoms with van der Waals surface area (Å²) in [7, 11) is 1.59. The molecule has 0 atom stereocenters. The van der Waals surface area contributed by atoms with Crippen LogP contribution >= 0.6 is 11.3 Å². The minimum absolute atomic E-state index is 0.0356. The second-order valence-electron chi connectivity index (χ2n) is 6.39. The number of aliphatic imine (C=N–C) groups is 1. The van der Waals surface area contributed by atoms with Gasteiger partial charge in [-0.05, 0) is 40.1 Å². The minimum atomic E-state index is -0.624. The molecular weight excluding hydrogens is 406 g/mol. The van der Waals surface area contributed by atoms with Crippen LogP contribution in [0.4, 0.5) is 5.95 Å². The average Bonchev–Trinajstić information content (AvgIpc) is 3.24. The molecule has 0 fully saturated rings. The monoisotopic (exact) mass is 429 g/mol. The van der Waals surface area contributed by atoms with Crippen LogP contribution in [-0.2, 0) is 13.1 Å². The first kappa shape index (κ1) is 21.1. The van der Waals surface area contributed by atoms with Crippen LogP contribution < -0.4 is 32.9 Å². The highest BCUT2D eigenvalue weighted by Gasteiger charge is 2.14. The third-order valence-corrected chi connectivity index (χ3v) is 4.99. The lowest BCUT2D eigenvalue weighted by Crippen LogP contribution is -2.43. The molecule has 0 saturated heterocycles. The van der Waals surface area contributed by atoms with Crippen LogP contribution in [0, 0.1) is 0 Å². The maximum atomic E-state index is 13.2. The Balaban J connectivity index is 1.96. The van der Waals surface area contributed by atoms with E-state index in [0.29, 0.717) is 12.3 Å². The van der Waals surface area contributed by atoms with Gasteiger partial charge in [-0.15, -0.1) is 0 Å². The Labute approximate surface area is 176 Å². The van der Waals surface area contributed by atoms with Gasteiger partial charge >= 0.3 is 11.4 Å². The maximum Gasteiger partial charge on any atom is 0.355 e. The highest BCUT2D eigenvalue weighted by atomic mass is 32.1. The van der Waals surface area contributed by atoms with Gasteiger partial charge in [0.05, 0.1) is 26.7 Å². The Kier molecular flexibility index (Phi) is 6.86. The summed E-state index contributed by atoms with van der Waals surface area (Å²) in [5.74, 6) is 0.835. The van der Waals surface area contributed by atoms with E-state index < -0.39 is 11.4 Å². The molecule has 2 aromatic heterocycles. The van der Waals surface area contributed by atoms with Crippen molar-refractivity contribution in [1.29, 1.82) is 0 Å². The molecule has 0 aliphatic heterocycles. The van der Waals surface area contributed by atoms with Crippen molar-refractivity contribution in [2.75, 3.05) is 25.5 Å². The summed E-state index contributed by atoms with van der Waals surface area (Å²) in [6.07, 6.45) is 0. The van der Waals surface area contributed by atoms with E-state index >= 15 is 0 Å². The molecule has 0 bridgehead atoms. The molecule has 0 amide bonds. The highest BCUT2D eigenvalue weighted by molar-refractivity contribution is 7.07. The largest absolute Gasteiger partial charge is 0.497 e. The summed E-state index contributed by atoms with van der Waals surface area (Å²) in [5, 5.41) is 6.76. The molecule has 0 spiro atoms. The summed E-state index contributed by atoms with van der Waals surface area (Å²) < 4.78 is 7.71. The highest BCUT2D eigenvalue weighted by Crippen LogP contribution is 2.13. The lowest BCUT2D eigenvalue weighted by atomic mass is 10.2. The minimum Gasteiger partial charge on any atom is -0.497 e. The first-order valence-corrected chi connectivity index (χ1v) is 10.1. The number of hydrogen-bond donors (Lipinski definition) is 3. The second kappa shape index (κ2) is 9.74. The van der Waals surface area contributed by atoms with Gasteiger partial charge in [0.15, 0.2) is 5.96 Å². The quantitative estimate of drug-likeness (QED) is 0.251. The molecule has 158 valence electrons. The summed E-state index contributed by atoms with van der Waals surface area (Å²) in [4.78, 5) is 33.7. The van der Waals surface area contributed by atoms with E-state index in [1.165, 1.54) is 15.9 Å². The Hall–Kier alpha value is -3.60. The van der Waals surface area contributed by atoms with Crippen LogP contribution in [0.2, 0.25) is 0 Å². The molecule has 3 aromatic rings. The first-order valence-electron chi connectivity index (χ1n) is 9.13. The van der Waals surface area contributed by atoms with E-state index in [4.69, 9.17) is 16.2 Å². The van der Waals surface area contributed by atoms with Crippen molar-refractivity contribution in [3.63, 3.8) is 0 Å². The van der Waals surface area contributed by atoms with Crippen LogP contribution in [0.5, 0.6) is 5.75 Å². The summed E-state index contributed by atoms with van der Waals surface area (Å²) in [6.45, 7) is 0.967. The fraction of sp³-hybridized carbons (Fsp3) is 0.263. The zero-order valence-corrected chi connectivity index (χ0v) is 17.3. The number of benzene rings is 1. The van der Waals surface area contributed by atoms with Crippen molar-refractivity contribution in [3.8, 4) is 5.75 Å². The third-order valence-electron chi connectivity index (χ3n) is 4.26. The van der Waals surface area contributed by atoms with Gasteiger partial charge in [0.2, 0.25) is 5.95 Å². The van der Waals surface area contributed by atoms with Gasteiger partial charge in [-0.2, -0.15) is 16.3 Å². The summed E-state index contributed by atoms with van der Waals surface area (Å²) in [6, 6.07) is 9.18. The van der Waals surface area contributed by atoms with Crippen LogP contribution in [0.25, 0.3) is 0 Å². The lowest BCUT2D eigenvalue weighted by molar-refractivity contribution is 0.414. The molecule has 5 N–H and O–H groups in total. The standard InChI is InChI=1S/C19H23N7O3S/c1-29-15-4-2-13(3-5-15)10-25-17(23-8-7-22-16(20)21)24-18(27)26(19(25)28)11-14-6-9-30-12-14/h2-6,9,12H,7-8,10-11H2,1H3,(H4,20,21,22)(H,23,24,27). The zero-order valence-electron chi connectivity index (χ0n) is 16.4. The Morgan fingerprint density at radius 2 is 1.87 bits per heavy atom. The summed E-state index contributed by atoms with van der Waals surface area (Å²) in [5.41, 5.74) is 11.3. The van der Waals surface area contributed by atoms with Crippen LogP contribution in [0.1, 0.15) is 11.1 Å². The van der Waals surface area contributed by atoms with Crippen molar-refractivity contribution < 1.29 is 4.74 Å². The van der Waals surface area contributed by atoms with E-state index in [0.717, 1.165) is 15.7 Å². The maximum absolute atomic E-state index is 13.2. The number of nitrogens with one attached hydrogen (secondary N) is 1. The third kappa shape index (κ3) is 5.26. The number of ether oxygens (including phenoxy) is 1. The topological polar surface area (TPSA) is 143 Å². The van der Waals surface area contributed by atoms with Gasteiger partial charge in [0.1, 0.15) is 5.75 Å².